The highest BCUT2D eigenvalue weighted by atomic mass is 16.5. The summed E-state index contributed by atoms with van der Waals surface area (Å²) in [5.74, 6) is -1.43. The van der Waals surface area contributed by atoms with Gasteiger partial charge in [0.1, 0.15) is 0 Å². The standard InChI is InChI=1S/C26H38O4/c1-2-3-4-5-6-7-8-9-10-11-12-13-14-15-16-17-18-19-20-21-24-30-26(29)23-22-25(27)28/h3-4,6-7,9-10,12-13,15-16,18-19H,2,5,8,11,14,17,20-24H2,1H3,(H,27,28)/b4-3-,7-6-,10-9-,13-12-,16-15-,19-18-. The molecule has 0 saturated heterocycles. The van der Waals surface area contributed by atoms with Gasteiger partial charge in [-0.25, -0.2) is 0 Å². The van der Waals surface area contributed by atoms with Crippen molar-refractivity contribution in [3.63, 3.8) is 0 Å². The number of rotatable bonds is 18. The van der Waals surface area contributed by atoms with E-state index in [1.165, 1.54) is 0 Å². The van der Waals surface area contributed by atoms with E-state index in [-0.39, 0.29) is 12.8 Å². The molecule has 0 aromatic rings. The molecule has 0 aromatic carbocycles. The zero-order valence-corrected chi connectivity index (χ0v) is 18.4. The molecule has 0 amide bonds. The Kier molecular flexibility index (Phi) is 20.7. The van der Waals surface area contributed by atoms with Gasteiger partial charge in [0.25, 0.3) is 0 Å². The van der Waals surface area contributed by atoms with Gasteiger partial charge < -0.3 is 9.84 Å². The van der Waals surface area contributed by atoms with Crippen molar-refractivity contribution in [2.24, 2.45) is 0 Å². The summed E-state index contributed by atoms with van der Waals surface area (Å²) >= 11 is 0. The lowest BCUT2D eigenvalue weighted by atomic mass is 10.2. The van der Waals surface area contributed by atoms with Crippen LogP contribution in [0.15, 0.2) is 72.9 Å². The first-order chi connectivity index (χ1) is 14.7. The average molecular weight is 415 g/mol. The van der Waals surface area contributed by atoms with Crippen LogP contribution >= 0.6 is 0 Å². The second-order valence-corrected chi connectivity index (χ2v) is 6.67. The van der Waals surface area contributed by atoms with E-state index in [9.17, 15) is 9.59 Å². The molecule has 0 heterocycles. The number of ether oxygens (including phenoxy) is 1. The fourth-order valence-corrected chi connectivity index (χ4v) is 2.31. The van der Waals surface area contributed by atoms with Crippen LogP contribution in [0.5, 0.6) is 0 Å². The maximum absolute atomic E-state index is 11.2. The van der Waals surface area contributed by atoms with Crippen LogP contribution in [-0.2, 0) is 14.3 Å². The molecule has 0 rings (SSSR count). The molecular formula is C26H38O4. The van der Waals surface area contributed by atoms with Crippen LogP contribution in [0.25, 0.3) is 0 Å². The van der Waals surface area contributed by atoms with Gasteiger partial charge in [-0.1, -0.05) is 79.8 Å². The fourth-order valence-electron chi connectivity index (χ4n) is 2.31. The van der Waals surface area contributed by atoms with Gasteiger partial charge in [0, 0.05) is 0 Å². The molecular weight excluding hydrogens is 376 g/mol. The number of hydrogen-bond acceptors (Lipinski definition) is 3. The number of aliphatic carboxylic acids is 1. The van der Waals surface area contributed by atoms with E-state index in [2.05, 4.69) is 79.8 Å². The Hall–Kier alpha value is -2.62. The summed E-state index contributed by atoms with van der Waals surface area (Å²) < 4.78 is 4.96. The maximum atomic E-state index is 11.2. The highest BCUT2D eigenvalue weighted by Gasteiger charge is 2.05. The topological polar surface area (TPSA) is 63.6 Å². The third-order valence-corrected chi connectivity index (χ3v) is 3.92. The molecule has 0 aliphatic carbocycles. The van der Waals surface area contributed by atoms with Crippen molar-refractivity contribution in [1.82, 2.24) is 0 Å². The number of carboxylic acid groups (broad SMARTS) is 1. The number of carboxylic acids is 1. The molecule has 0 fully saturated rings. The molecule has 0 aromatic heterocycles. The van der Waals surface area contributed by atoms with Crippen molar-refractivity contribution in [2.45, 2.75) is 71.1 Å². The molecule has 0 aliphatic rings. The first-order valence-corrected chi connectivity index (χ1v) is 10.9. The van der Waals surface area contributed by atoms with E-state index >= 15 is 0 Å². The summed E-state index contributed by atoms with van der Waals surface area (Å²) in [6.07, 6.45) is 33.3. The van der Waals surface area contributed by atoms with Crippen molar-refractivity contribution in [3.05, 3.63) is 72.9 Å². The smallest absolute Gasteiger partial charge is 0.306 e. The minimum Gasteiger partial charge on any atom is -0.481 e. The highest BCUT2D eigenvalue weighted by molar-refractivity contribution is 5.76. The predicted octanol–water partition coefficient (Wildman–Crippen LogP) is 6.87. The van der Waals surface area contributed by atoms with Crippen LogP contribution in [0, 0.1) is 0 Å². The average Bonchev–Trinajstić information content (AvgIpc) is 2.73. The van der Waals surface area contributed by atoms with Gasteiger partial charge in [-0.3, -0.25) is 9.59 Å². The van der Waals surface area contributed by atoms with E-state index in [0.29, 0.717) is 6.61 Å². The summed E-state index contributed by atoms with van der Waals surface area (Å²) in [4.78, 5) is 21.6. The number of hydrogen-bond donors (Lipinski definition) is 1. The first-order valence-electron chi connectivity index (χ1n) is 10.9. The number of carbonyl (C=O) groups is 2. The molecule has 1 N–H and O–H groups in total. The normalized spacial score (nSPS) is 12.6. The number of esters is 1. The van der Waals surface area contributed by atoms with E-state index in [0.717, 1.165) is 51.4 Å². The van der Waals surface area contributed by atoms with Crippen LogP contribution in [0.4, 0.5) is 0 Å². The Balaban J connectivity index is 3.53. The lowest BCUT2D eigenvalue weighted by molar-refractivity contribution is -0.147. The summed E-state index contributed by atoms with van der Waals surface area (Å²) in [6, 6.07) is 0. The molecule has 0 saturated carbocycles. The third kappa shape index (κ3) is 23.4. The molecule has 4 heteroatoms. The third-order valence-electron chi connectivity index (χ3n) is 3.92. The van der Waals surface area contributed by atoms with Crippen molar-refractivity contribution < 1.29 is 19.4 Å². The molecule has 166 valence electrons. The Labute approximate surface area is 182 Å². The first kappa shape index (κ1) is 27.4. The van der Waals surface area contributed by atoms with Gasteiger partial charge in [0.15, 0.2) is 0 Å². The lowest BCUT2D eigenvalue weighted by Gasteiger charge is -2.01. The van der Waals surface area contributed by atoms with Crippen LogP contribution in [0.3, 0.4) is 0 Å². The molecule has 0 aliphatic heterocycles. The number of unbranched alkanes of at least 4 members (excludes halogenated alkanes) is 1. The molecule has 0 bridgehead atoms. The number of carbonyl (C=O) groups excluding carboxylic acids is 1. The summed E-state index contributed by atoms with van der Waals surface area (Å²) in [7, 11) is 0. The fraction of sp³-hybridized carbons (Fsp3) is 0.462. The van der Waals surface area contributed by atoms with E-state index in [1.807, 2.05) is 0 Å². The van der Waals surface area contributed by atoms with E-state index < -0.39 is 11.9 Å². The van der Waals surface area contributed by atoms with Crippen LogP contribution in [0.2, 0.25) is 0 Å². The van der Waals surface area contributed by atoms with Gasteiger partial charge in [0.2, 0.25) is 0 Å². The Morgan fingerprint density at radius 2 is 1.10 bits per heavy atom. The minimum atomic E-state index is -0.982. The van der Waals surface area contributed by atoms with Crippen molar-refractivity contribution in [2.75, 3.05) is 6.61 Å². The highest BCUT2D eigenvalue weighted by Crippen LogP contribution is 1.99. The minimum absolute atomic E-state index is 0.0603. The van der Waals surface area contributed by atoms with Crippen LogP contribution in [0.1, 0.15) is 71.1 Å². The monoisotopic (exact) mass is 414 g/mol. The Bertz CT molecular complexity index is 607. The van der Waals surface area contributed by atoms with Crippen molar-refractivity contribution >= 4 is 11.9 Å². The van der Waals surface area contributed by atoms with E-state index in [1.54, 1.807) is 0 Å². The molecule has 0 unspecified atom stereocenters. The second kappa shape index (κ2) is 22.7. The van der Waals surface area contributed by atoms with Gasteiger partial charge in [-0.15, -0.1) is 0 Å². The number of allylic oxidation sites excluding steroid dienone is 12. The van der Waals surface area contributed by atoms with Crippen molar-refractivity contribution in [3.8, 4) is 0 Å². The molecule has 4 nitrogen and oxygen atoms in total. The Morgan fingerprint density at radius 3 is 1.53 bits per heavy atom. The van der Waals surface area contributed by atoms with Crippen molar-refractivity contribution in [1.29, 1.82) is 0 Å². The summed E-state index contributed by atoms with van der Waals surface area (Å²) in [6.45, 7) is 2.48. The predicted molar refractivity (Wildman–Crippen MR) is 125 cm³/mol. The maximum Gasteiger partial charge on any atom is 0.306 e. The molecule has 0 atom stereocenters. The van der Waals surface area contributed by atoms with Gasteiger partial charge in [-0.05, 0) is 51.4 Å². The SMILES string of the molecule is CC/C=C\C/C=C\C/C=C\C/C=C\C/C=C\C/C=C\CCCOC(=O)CCC(=O)O. The second-order valence-electron chi connectivity index (χ2n) is 6.67. The lowest BCUT2D eigenvalue weighted by Crippen LogP contribution is -2.08. The van der Waals surface area contributed by atoms with Crippen LogP contribution < -0.4 is 0 Å². The van der Waals surface area contributed by atoms with Crippen LogP contribution in [-0.4, -0.2) is 23.7 Å². The van der Waals surface area contributed by atoms with E-state index in [4.69, 9.17) is 9.84 Å². The zero-order valence-electron chi connectivity index (χ0n) is 18.4. The molecule has 0 radical (unpaired) electrons. The van der Waals surface area contributed by atoms with Gasteiger partial charge in [0.05, 0.1) is 19.4 Å². The summed E-state index contributed by atoms with van der Waals surface area (Å²) in [5, 5.41) is 8.48. The quantitative estimate of drug-likeness (QED) is 0.151. The Morgan fingerprint density at radius 1 is 0.667 bits per heavy atom. The van der Waals surface area contributed by atoms with Gasteiger partial charge >= 0.3 is 11.9 Å². The molecule has 0 spiro atoms. The largest absolute Gasteiger partial charge is 0.481 e. The van der Waals surface area contributed by atoms with Gasteiger partial charge in [-0.2, -0.15) is 0 Å². The zero-order chi connectivity index (χ0) is 22.1. The molecule has 30 heavy (non-hydrogen) atoms. The summed E-state index contributed by atoms with van der Waals surface area (Å²) in [5.41, 5.74) is 0.